The lowest BCUT2D eigenvalue weighted by atomic mass is 9.80. The van der Waals surface area contributed by atoms with Crippen LogP contribution in [0.4, 0.5) is 5.69 Å². The van der Waals surface area contributed by atoms with E-state index in [9.17, 15) is 14.4 Å². The molecular formula is C20H27N3O4. The first-order valence-corrected chi connectivity index (χ1v) is 9.67. The van der Waals surface area contributed by atoms with Crippen molar-refractivity contribution in [2.45, 2.75) is 57.4 Å². The second-order valence-electron chi connectivity index (χ2n) is 7.21. The van der Waals surface area contributed by atoms with Crippen molar-refractivity contribution in [2.75, 3.05) is 18.5 Å². The summed E-state index contributed by atoms with van der Waals surface area (Å²) in [4.78, 5) is 36.4. The molecule has 3 N–H and O–H groups in total. The van der Waals surface area contributed by atoms with Gasteiger partial charge in [-0.15, -0.1) is 0 Å². The van der Waals surface area contributed by atoms with E-state index in [0.717, 1.165) is 30.5 Å². The predicted octanol–water partition coefficient (Wildman–Crippen LogP) is 1.91. The molecule has 7 heteroatoms. The van der Waals surface area contributed by atoms with Crippen LogP contribution < -0.4 is 20.7 Å². The van der Waals surface area contributed by atoms with Crippen LogP contribution >= 0.6 is 0 Å². The number of carbonyl (C=O) groups is 3. The summed E-state index contributed by atoms with van der Waals surface area (Å²) in [5.41, 5.74) is 0.966. The molecule has 0 aromatic heterocycles. The molecule has 1 heterocycles. The number of nitrogens with one attached hydrogen (secondary N) is 3. The van der Waals surface area contributed by atoms with Gasteiger partial charge >= 0.3 is 0 Å². The standard InChI is InChI=1S/C20H27N3O4/c1-2-21-19(26)20(10-4-3-5-11-20)23-18(25)13-27-15-7-8-16-14(12-15)6-9-17(24)22-16/h7-8,12H,2-6,9-11,13H2,1H3,(H,21,26)(H,22,24)(H,23,25). The number of benzene rings is 1. The Hall–Kier alpha value is -2.57. The summed E-state index contributed by atoms with van der Waals surface area (Å²) in [6.07, 6.45) is 5.35. The van der Waals surface area contributed by atoms with E-state index in [1.165, 1.54) is 0 Å². The van der Waals surface area contributed by atoms with Crippen molar-refractivity contribution in [1.82, 2.24) is 10.6 Å². The Balaban J connectivity index is 1.60. The van der Waals surface area contributed by atoms with Crippen molar-refractivity contribution < 1.29 is 19.1 Å². The van der Waals surface area contributed by atoms with E-state index in [-0.39, 0.29) is 24.3 Å². The fraction of sp³-hybridized carbons (Fsp3) is 0.550. The molecule has 0 bridgehead atoms. The van der Waals surface area contributed by atoms with Crippen molar-refractivity contribution in [1.29, 1.82) is 0 Å². The van der Waals surface area contributed by atoms with Gasteiger partial charge in [-0.3, -0.25) is 14.4 Å². The van der Waals surface area contributed by atoms with E-state index < -0.39 is 5.54 Å². The Bertz CT molecular complexity index is 726. The molecule has 0 spiro atoms. The third-order valence-corrected chi connectivity index (χ3v) is 5.20. The minimum absolute atomic E-state index is 0.0127. The molecule has 1 fully saturated rings. The maximum absolute atomic E-state index is 12.5. The lowest BCUT2D eigenvalue weighted by Crippen LogP contribution is -2.60. The second-order valence-corrected chi connectivity index (χ2v) is 7.21. The molecule has 146 valence electrons. The summed E-state index contributed by atoms with van der Waals surface area (Å²) in [6.45, 7) is 2.27. The molecule has 1 saturated carbocycles. The van der Waals surface area contributed by atoms with Crippen LogP contribution in [-0.4, -0.2) is 36.4 Å². The minimum atomic E-state index is -0.825. The third kappa shape index (κ3) is 4.59. The number of carbonyl (C=O) groups excluding carboxylic acids is 3. The van der Waals surface area contributed by atoms with Crippen molar-refractivity contribution in [3.8, 4) is 5.75 Å². The van der Waals surface area contributed by atoms with Gasteiger partial charge in [0.05, 0.1) is 0 Å². The molecule has 1 aromatic carbocycles. The monoisotopic (exact) mass is 373 g/mol. The zero-order valence-electron chi connectivity index (χ0n) is 15.7. The Morgan fingerprint density at radius 2 is 1.96 bits per heavy atom. The Morgan fingerprint density at radius 1 is 1.19 bits per heavy atom. The number of amides is 3. The van der Waals surface area contributed by atoms with Crippen molar-refractivity contribution in [3.63, 3.8) is 0 Å². The molecule has 7 nitrogen and oxygen atoms in total. The largest absolute Gasteiger partial charge is 0.484 e. The topological polar surface area (TPSA) is 96.5 Å². The van der Waals surface area contributed by atoms with E-state index in [0.29, 0.717) is 38.0 Å². The summed E-state index contributed by atoms with van der Waals surface area (Å²) < 4.78 is 5.63. The summed E-state index contributed by atoms with van der Waals surface area (Å²) in [5, 5.41) is 8.58. The summed E-state index contributed by atoms with van der Waals surface area (Å²) in [7, 11) is 0. The van der Waals surface area contributed by atoms with Gasteiger partial charge in [-0.05, 0) is 49.9 Å². The zero-order chi connectivity index (χ0) is 19.3. The van der Waals surface area contributed by atoms with E-state index in [4.69, 9.17) is 4.74 Å². The first-order chi connectivity index (χ1) is 13.0. The summed E-state index contributed by atoms with van der Waals surface area (Å²) in [6, 6.07) is 5.37. The normalized spacial score (nSPS) is 18.0. The Morgan fingerprint density at radius 3 is 2.70 bits per heavy atom. The van der Waals surface area contributed by atoms with Crippen LogP contribution in [0.1, 0.15) is 51.0 Å². The fourth-order valence-corrected chi connectivity index (χ4v) is 3.80. The number of hydrogen-bond acceptors (Lipinski definition) is 4. The van der Waals surface area contributed by atoms with Crippen molar-refractivity contribution in [3.05, 3.63) is 23.8 Å². The summed E-state index contributed by atoms with van der Waals surface area (Å²) >= 11 is 0. The predicted molar refractivity (Wildman–Crippen MR) is 102 cm³/mol. The number of aryl methyl sites for hydroxylation is 1. The van der Waals surface area contributed by atoms with Gasteiger partial charge in [0, 0.05) is 18.7 Å². The summed E-state index contributed by atoms with van der Waals surface area (Å²) in [5.74, 6) is 0.186. The highest BCUT2D eigenvalue weighted by atomic mass is 16.5. The first-order valence-electron chi connectivity index (χ1n) is 9.67. The number of likely N-dealkylation sites (N-methyl/N-ethyl adjacent to an activating group) is 1. The molecule has 1 aliphatic heterocycles. The maximum Gasteiger partial charge on any atom is 0.258 e. The van der Waals surface area contributed by atoms with E-state index in [1.54, 1.807) is 12.1 Å². The van der Waals surface area contributed by atoms with E-state index in [1.807, 2.05) is 13.0 Å². The molecule has 27 heavy (non-hydrogen) atoms. The molecule has 1 aliphatic carbocycles. The highest BCUT2D eigenvalue weighted by Crippen LogP contribution is 2.29. The van der Waals surface area contributed by atoms with Crippen LogP contribution in [0.2, 0.25) is 0 Å². The minimum Gasteiger partial charge on any atom is -0.484 e. The lowest BCUT2D eigenvalue weighted by molar-refractivity contribution is -0.135. The average molecular weight is 373 g/mol. The van der Waals surface area contributed by atoms with Crippen molar-refractivity contribution >= 4 is 23.4 Å². The quantitative estimate of drug-likeness (QED) is 0.710. The first kappa shape index (κ1) is 19.2. The third-order valence-electron chi connectivity index (χ3n) is 5.20. The van der Waals surface area contributed by atoms with Crippen LogP contribution in [0, 0.1) is 0 Å². The van der Waals surface area contributed by atoms with Crippen LogP contribution in [0.3, 0.4) is 0 Å². The smallest absolute Gasteiger partial charge is 0.258 e. The number of rotatable bonds is 6. The maximum atomic E-state index is 12.5. The van der Waals surface area contributed by atoms with Gasteiger partial charge < -0.3 is 20.7 Å². The number of anilines is 1. The molecule has 0 saturated heterocycles. The molecular weight excluding hydrogens is 346 g/mol. The number of ether oxygens (including phenoxy) is 1. The van der Waals surface area contributed by atoms with Gasteiger partial charge in [0.15, 0.2) is 6.61 Å². The van der Waals surface area contributed by atoms with Crippen LogP contribution in [-0.2, 0) is 20.8 Å². The molecule has 3 amide bonds. The van der Waals surface area contributed by atoms with Gasteiger partial charge in [-0.2, -0.15) is 0 Å². The Kier molecular flexibility index (Phi) is 5.98. The van der Waals surface area contributed by atoms with E-state index in [2.05, 4.69) is 16.0 Å². The molecule has 0 unspecified atom stereocenters. The fourth-order valence-electron chi connectivity index (χ4n) is 3.80. The Labute approximate surface area is 159 Å². The van der Waals surface area contributed by atoms with E-state index >= 15 is 0 Å². The van der Waals surface area contributed by atoms with Gasteiger partial charge in [-0.1, -0.05) is 19.3 Å². The van der Waals surface area contributed by atoms with Gasteiger partial charge in [-0.25, -0.2) is 0 Å². The highest BCUT2D eigenvalue weighted by Gasteiger charge is 2.40. The molecule has 1 aromatic rings. The molecule has 0 atom stereocenters. The van der Waals surface area contributed by atoms with Crippen LogP contribution in [0.15, 0.2) is 18.2 Å². The van der Waals surface area contributed by atoms with Gasteiger partial charge in [0.2, 0.25) is 11.8 Å². The van der Waals surface area contributed by atoms with Gasteiger partial charge in [0.1, 0.15) is 11.3 Å². The SMILES string of the molecule is CCNC(=O)C1(NC(=O)COc2ccc3c(c2)CCC(=O)N3)CCCCC1. The lowest BCUT2D eigenvalue weighted by Gasteiger charge is -2.36. The molecule has 3 rings (SSSR count). The molecule has 0 radical (unpaired) electrons. The average Bonchev–Trinajstić information content (AvgIpc) is 2.67. The van der Waals surface area contributed by atoms with Crippen molar-refractivity contribution in [2.24, 2.45) is 0 Å². The highest BCUT2D eigenvalue weighted by molar-refractivity contribution is 5.94. The van der Waals surface area contributed by atoms with Crippen LogP contribution in [0.5, 0.6) is 5.75 Å². The zero-order valence-corrected chi connectivity index (χ0v) is 15.7. The van der Waals surface area contributed by atoms with Gasteiger partial charge in [0.25, 0.3) is 5.91 Å². The van der Waals surface area contributed by atoms with Crippen LogP contribution in [0.25, 0.3) is 0 Å². The second kappa shape index (κ2) is 8.41. The number of hydrogen-bond donors (Lipinski definition) is 3. The number of fused-ring (bicyclic) bond motifs is 1. The molecule has 2 aliphatic rings.